The molecule has 3 aliphatic rings. The number of amides is 2. The first-order valence-electron chi connectivity index (χ1n) is 19.5. The van der Waals surface area contributed by atoms with Crippen LogP contribution in [0, 0.1) is 5.92 Å². The van der Waals surface area contributed by atoms with Crippen molar-refractivity contribution in [3.05, 3.63) is 83.6 Å². The number of aromatic nitrogens is 4. The van der Waals surface area contributed by atoms with E-state index in [9.17, 15) is 9.59 Å². The number of carbonyl (C=O) groups is 2. The molecule has 1 saturated carbocycles. The lowest BCUT2D eigenvalue weighted by molar-refractivity contribution is 0.00617. The van der Waals surface area contributed by atoms with Gasteiger partial charge in [0.2, 0.25) is 0 Å². The van der Waals surface area contributed by atoms with Gasteiger partial charge in [-0.15, -0.1) is 0 Å². The Hall–Kier alpha value is -5.12. The minimum Gasteiger partial charge on any atom is -0.444 e. The number of aromatic amines is 2. The zero-order valence-corrected chi connectivity index (χ0v) is 32.6. The summed E-state index contributed by atoms with van der Waals surface area (Å²) in [7, 11) is 0. The van der Waals surface area contributed by atoms with Gasteiger partial charge >= 0.3 is 12.2 Å². The molecule has 54 heavy (non-hydrogen) atoms. The quantitative estimate of drug-likeness (QED) is 0.172. The van der Waals surface area contributed by atoms with Crippen LogP contribution in [0.1, 0.15) is 103 Å². The van der Waals surface area contributed by atoms with Crippen LogP contribution in [0.25, 0.3) is 44.5 Å². The number of imidazole rings is 2. The van der Waals surface area contributed by atoms with Crippen molar-refractivity contribution >= 4 is 23.2 Å². The normalized spacial score (nSPS) is 19.2. The summed E-state index contributed by atoms with van der Waals surface area (Å²) in [6.45, 7) is 14.4. The molecule has 8 rings (SSSR count). The number of rotatable bonds is 7. The standard InChI is InChI=1S/C44H52N6O4/c1-8-19-49(41(51)53-43(2,3)4)25-38-45-24-37(46-38)30-13-17-34-29(21-30)10-9-28-20-26(12-16-33(28)34)27-14-18-35-36(23-27)48-40(47-35)39-31-11-15-32(22-31)50(39)42(52)54-44(5,6)7/h12-14,16-18,20-21,23-24,31-32,39H,8-11,15,19,22,25H2,1-7H3,(H,45,46)(H,47,48)/t31-,32+,39-/m0/s1. The topological polar surface area (TPSA) is 116 Å². The fourth-order valence-corrected chi connectivity index (χ4v) is 8.61. The molecule has 3 aromatic carbocycles. The molecule has 10 nitrogen and oxygen atoms in total. The van der Waals surface area contributed by atoms with Crippen LogP contribution in [0.2, 0.25) is 0 Å². The summed E-state index contributed by atoms with van der Waals surface area (Å²) in [5, 5.41) is 0. The minimum atomic E-state index is -0.552. The van der Waals surface area contributed by atoms with Crippen molar-refractivity contribution in [2.24, 2.45) is 5.92 Å². The van der Waals surface area contributed by atoms with Gasteiger partial charge in [0.25, 0.3) is 0 Å². The molecular formula is C44H52N6O4. The molecule has 2 amide bonds. The Labute approximate surface area is 317 Å². The van der Waals surface area contributed by atoms with Crippen LogP contribution < -0.4 is 0 Å². The molecule has 2 aromatic heterocycles. The Morgan fingerprint density at radius 2 is 1.52 bits per heavy atom. The maximum atomic E-state index is 13.3. The lowest BCUT2D eigenvalue weighted by Gasteiger charge is -2.35. The highest BCUT2D eigenvalue weighted by molar-refractivity contribution is 5.84. The molecule has 0 unspecified atom stereocenters. The summed E-state index contributed by atoms with van der Waals surface area (Å²) < 4.78 is 11.5. The highest BCUT2D eigenvalue weighted by Crippen LogP contribution is 2.50. The van der Waals surface area contributed by atoms with E-state index in [0.717, 1.165) is 78.0 Å². The third-order valence-corrected chi connectivity index (χ3v) is 10.9. The first kappa shape index (κ1) is 35.9. The fraction of sp³-hybridized carbons (Fsp3) is 0.455. The van der Waals surface area contributed by atoms with E-state index in [2.05, 4.69) is 76.5 Å². The van der Waals surface area contributed by atoms with Crippen LogP contribution in [-0.4, -0.2) is 65.7 Å². The van der Waals surface area contributed by atoms with Crippen molar-refractivity contribution in [2.45, 2.75) is 117 Å². The number of likely N-dealkylation sites (tertiary alicyclic amines) is 1. The van der Waals surface area contributed by atoms with Crippen molar-refractivity contribution in [2.75, 3.05) is 6.54 Å². The van der Waals surface area contributed by atoms with Crippen molar-refractivity contribution in [3.8, 4) is 33.5 Å². The van der Waals surface area contributed by atoms with Gasteiger partial charge < -0.3 is 24.3 Å². The Bertz CT molecular complexity index is 2220. The lowest BCUT2D eigenvalue weighted by Crippen LogP contribution is -2.43. The minimum absolute atomic E-state index is 0.0885. The molecule has 2 aliphatic carbocycles. The van der Waals surface area contributed by atoms with E-state index in [-0.39, 0.29) is 24.3 Å². The van der Waals surface area contributed by atoms with Gasteiger partial charge in [0.15, 0.2) is 0 Å². The number of ether oxygens (including phenoxy) is 2. The van der Waals surface area contributed by atoms with E-state index in [4.69, 9.17) is 14.5 Å². The highest BCUT2D eigenvalue weighted by atomic mass is 16.6. The van der Waals surface area contributed by atoms with Gasteiger partial charge in [0, 0.05) is 12.6 Å². The second kappa shape index (κ2) is 13.6. The molecule has 0 radical (unpaired) electrons. The van der Waals surface area contributed by atoms with Crippen LogP contribution in [0.3, 0.4) is 0 Å². The number of nitrogens with zero attached hydrogens (tertiary/aromatic N) is 4. The van der Waals surface area contributed by atoms with Gasteiger partial charge in [-0.1, -0.05) is 43.3 Å². The van der Waals surface area contributed by atoms with Crippen molar-refractivity contribution in [1.29, 1.82) is 0 Å². The van der Waals surface area contributed by atoms with Crippen molar-refractivity contribution in [3.63, 3.8) is 0 Å². The van der Waals surface area contributed by atoms with E-state index in [1.807, 2.05) is 52.6 Å². The molecule has 0 spiro atoms. The second-order valence-corrected chi connectivity index (χ2v) is 17.3. The zero-order valence-electron chi connectivity index (χ0n) is 32.6. The van der Waals surface area contributed by atoms with Gasteiger partial charge in [0.05, 0.1) is 35.5 Å². The van der Waals surface area contributed by atoms with E-state index < -0.39 is 11.2 Å². The molecule has 2 fully saturated rings. The summed E-state index contributed by atoms with van der Waals surface area (Å²) in [4.78, 5) is 46.5. The molecule has 3 heterocycles. The number of aryl methyl sites for hydroxylation is 2. The summed E-state index contributed by atoms with van der Waals surface area (Å²) in [6.07, 6.45) is 7.16. The SMILES string of the molecule is CCCN(Cc1ncc(-c2ccc3c(c2)CCc2cc(-c4ccc5nc([C@@H]6[C@H]7CC[C@H](C7)N6C(=O)OC(C)(C)C)[nH]c5c4)ccc2-3)[nH]1)C(=O)OC(C)(C)C. The second-order valence-electron chi connectivity index (χ2n) is 17.3. The number of nitrogens with one attached hydrogen (secondary N) is 2. The predicted molar refractivity (Wildman–Crippen MR) is 211 cm³/mol. The van der Waals surface area contributed by atoms with Crippen LogP contribution >= 0.6 is 0 Å². The Morgan fingerprint density at radius 3 is 2.22 bits per heavy atom. The molecule has 2 N–H and O–H groups in total. The third kappa shape index (κ3) is 7.10. The Balaban J connectivity index is 0.996. The number of fused-ring (bicyclic) bond motifs is 6. The average Bonchev–Trinajstić information content (AvgIpc) is 3.93. The molecule has 5 aromatic rings. The summed E-state index contributed by atoms with van der Waals surface area (Å²) in [6, 6.07) is 20.0. The predicted octanol–water partition coefficient (Wildman–Crippen LogP) is 9.99. The van der Waals surface area contributed by atoms with E-state index in [0.29, 0.717) is 19.0 Å². The van der Waals surface area contributed by atoms with Crippen LogP contribution in [0.4, 0.5) is 9.59 Å². The molecule has 10 heteroatoms. The maximum absolute atomic E-state index is 13.3. The average molecular weight is 729 g/mol. The van der Waals surface area contributed by atoms with E-state index in [1.54, 1.807) is 4.90 Å². The van der Waals surface area contributed by atoms with E-state index >= 15 is 0 Å². The largest absolute Gasteiger partial charge is 0.444 e. The number of H-pyrrole nitrogens is 2. The van der Waals surface area contributed by atoms with Crippen LogP contribution in [0.15, 0.2) is 60.8 Å². The molecule has 3 atom stereocenters. The molecule has 1 aliphatic heterocycles. The Morgan fingerprint density at radius 1 is 0.852 bits per heavy atom. The smallest absolute Gasteiger partial charge is 0.411 e. The van der Waals surface area contributed by atoms with Gasteiger partial charge in [0.1, 0.15) is 22.9 Å². The number of hydrogen-bond donors (Lipinski definition) is 2. The van der Waals surface area contributed by atoms with E-state index in [1.165, 1.54) is 27.8 Å². The number of benzene rings is 3. The maximum Gasteiger partial charge on any atom is 0.411 e. The third-order valence-electron chi connectivity index (χ3n) is 10.9. The highest BCUT2D eigenvalue weighted by Gasteiger charge is 2.51. The van der Waals surface area contributed by atoms with Gasteiger partial charge in [-0.25, -0.2) is 19.6 Å². The summed E-state index contributed by atoms with van der Waals surface area (Å²) >= 11 is 0. The Kier molecular flexibility index (Phi) is 9.05. The van der Waals surface area contributed by atoms with Crippen LogP contribution in [0.5, 0.6) is 0 Å². The van der Waals surface area contributed by atoms with Gasteiger partial charge in [-0.05, 0) is 143 Å². The number of hydrogen-bond acceptors (Lipinski definition) is 6. The number of piperidine rings is 1. The van der Waals surface area contributed by atoms with Crippen molar-refractivity contribution < 1.29 is 19.1 Å². The van der Waals surface area contributed by atoms with Gasteiger partial charge in [-0.3, -0.25) is 4.90 Å². The fourth-order valence-electron chi connectivity index (χ4n) is 8.61. The molecular weight excluding hydrogens is 677 g/mol. The van der Waals surface area contributed by atoms with Crippen LogP contribution in [-0.2, 0) is 28.9 Å². The molecule has 2 bridgehead atoms. The first-order chi connectivity index (χ1) is 25.7. The molecule has 1 saturated heterocycles. The van der Waals surface area contributed by atoms with Gasteiger partial charge in [-0.2, -0.15) is 0 Å². The lowest BCUT2D eigenvalue weighted by atomic mass is 9.83. The molecule has 282 valence electrons. The first-order valence-corrected chi connectivity index (χ1v) is 19.5. The summed E-state index contributed by atoms with van der Waals surface area (Å²) in [5.41, 5.74) is 10.3. The monoisotopic (exact) mass is 728 g/mol. The summed E-state index contributed by atoms with van der Waals surface area (Å²) in [5.74, 6) is 1.98. The van der Waals surface area contributed by atoms with Crippen molar-refractivity contribution in [1.82, 2.24) is 29.7 Å². The number of carbonyl (C=O) groups excluding carboxylic acids is 2. The zero-order chi connectivity index (χ0) is 37.9.